The van der Waals surface area contributed by atoms with Gasteiger partial charge in [0.2, 0.25) is 0 Å². The van der Waals surface area contributed by atoms with E-state index in [9.17, 15) is 0 Å². The summed E-state index contributed by atoms with van der Waals surface area (Å²) in [6.45, 7) is 2.87. The van der Waals surface area contributed by atoms with Crippen LogP contribution in [0, 0.1) is 0 Å². The predicted molar refractivity (Wildman–Crippen MR) is 70.9 cm³/mol. The van der Waals surface area contributed by atoms with Gasteiger partial charge in [-0.1, -0.05) is 0 Å². The molecule has 5 heteroatoms. The van der Waals surface area contributed by atoms with Crippen LogP contribution < -0.4 is 5.32 Å². The van der Waals surface area contributed by atoms with Gasteiger partial charge in [-0.2, -0.15) is 5.10 Å². The van der Waals surface area contributed by atoms with Gasteiger partial charge in [-0.05, 0) is 31.5 Å². The quantitative estimate of drug-likeness (QED) is 0.848. The van der Waals surface area contributed by atoms with Crippen molar-refractivity contribution in [1.29, 1.82) is 0 Å². The van der Waals surface area contributed by atoms with Gasteiger partial charge in [0, 0.05) is 38.3 Å². The van der Waals surface area contributed by atoms with Crippen LogP contribution in [0.1, 0.15) is 13.3 Å². The number of pyridine rings is 1. The van der Waals surface area contributed by atoms with Crippen molar-refractivity contribution < 1.29 is 4.74 Å². The van der Waals surface area contributed by atoms with Crippen molar-refractivity contribution in [3.63, 3.8) is 0 Å². The second kappa shape index (κ2) is 6.16. The van der Waals surface area contributed by atoms with E-state index in [-0.39, 0.29) is 0 Å². The fraction of sp³-hybridized carbons (Fsp3) is 0.385. The number of aromatic nitrogens is 3. The third kappa shape index (κ3) is 3.07. The summed E-state index contributed by atoms with van der Waals surface area (Å²) in [6, 6.07) is 6.13. The van der Waals surface area contributed by atoms with Crippen LogP contribution in [0.5, 0.6) is 0 Å². The normalized spacial score (nSPS) is 12.3. The molecule has 2 aromatic heterocycles. The maximum absolute atomic E-state index is 5.08. The SMILES string of the molecule is COCCC(C)Nc1cccnc1-n1cccn1. The van der Waals surface area contributed by atoms with Crippen molar-refractivity contribution in [2.24, 2.45) is 0 Å². The lowest BCUT2D eigenvalue weighted by atomic mass is 10.2. The maximum Gasteiger partial charge on any atom is 0.176 e. The standard InChI is InChI=1S/C13H18N4O/c1-11(6-10-18-2)16-12-5-3-7-14-13(12)17-9-4-8-15-17/h3-5,7-9,11,16H,6,10H2,1-2H3. The highest BCUT2D eigenvalue weighted by molar-refractivity contribution is 5.56. The molecular formula is C13H18N4O. The molecule has 0 saturated heterocycles. The van der Waals surface area contributed by atoms with E-state index in [0.717, 1.165) is 24.5 Å². The molecule has 1 atom stereocenters. The van der Waals surface area contributed by atoms with E-state index in [1.165, 1.54) is 0 Å². The summed E-state index contributed by atoms with van der Waals surface area (Å²) >= 11 is 0. The molecule has 0 fully saturated rings. The Balaban J connectivity index is 2.13. The molecule has 96 valence electrons. The molecule has 0 aliphatic carbocycles. The van der Waals surface area contributed by atoms with Crippen LogP contribution >= 0.6 is 0 Å². The molecule has 0 amide bonds. The fourth-order valence-electron chi connectivity index (χ4n) is 1.72. The molecule has 2 rings (SSSR count). The fourth-order valence-corrected chi connectivity index (χ4v) is 1.72. The first-order chi connectivity index (χ1) is 8.81. The van der Waals surface area contributed by atoms with Crippen LogP contribution in [0.15, 0.2) is 36.8 Å². The first-order valence-electron chi connectivity index (χ1n) is 6.02. The van der Waals surface area contributed by atoms with Gasteiger partial charge in [0.25, 0.3) is 0 Å². The number of ether oxygens (including phenoxy) is 1. The summed E-state index contributed by atoms with van der Waals surface area (Å²) in [4.78, 5) is 4.36. The lowest BCUT2D eigenvalue weighted by molar-refractivity contribution is 0.191. The highest BCUT2D eigenvalue weighted by atomic mass is 16.5. The van der Waals surface area contributed by atoms with Crippen LogP contribution in [0.2, 0.25) is 0 Å². The molecule has 2 aromatic rings. The Morgan fingerprint density at radius 3 is 3.00 bits per heavy atom. The van der Waals surface area contributed by atoms with Crippen molar-refractivity contribution in [1.82, 2.24) is 14.8 Å². The summed E-state index contributed by atoms with van der Waals surface area (Å²) in [7, 11) is 1.71. The van der Waals surface area contributed by atoms with Gasteiger partial charge in [-0.3, -0.25) is 0 Å². The molecule has 0 saturated carbocycles. The van der Waals surface area contributed by atoms with Crippen LogP contribution in [-0.4, -0.2) is 34.5 Å². The van der Waals surface area contributed by atoms with Crippen LogP contribution in [-0.2, 0) is 4.74 Å². The van der Waals surface area contributed by atoms with Gasteiger partial charge >= 0.3 is 0 Å². The van der Waals surface area contributed by atoms with E-state index in [4.69, 9.17) is 4.74 Å². The summed E-state index contributed by atoms with van der Waals surface area (Å²) < 4.78 is 6.83. The van der Waals surface area contributed by atoms with Crippen molar-refractivity contribution in [3.8, 4) is 5.82 Å². The predicted octanol–water partition coefficient (Wildman–Crippen LogP) is 2.10. The Bertz CT molecular complexity index is 470. The average molecular weight is 246 g/mol. The zero-order valence-electron chi connectivity index (χ0n) is 10.7. The molecule has 1 N–H and O–H groups in total. The van der Waals surface area contributed by atoms with Crippen LogP contribution in [0.25, 0.3) is 5.82 Å². The van der Waals surface area contributed by atoms with E-state index in [0.29, 0.717) is 6.04 Å². The monoisotopic (exact) mass is 246 g/mol. The minimum atomic E-state index is 0.323. The zero-order valence-corrected chi connectivity index (χ0v) is 10.7. The van der Waals surface area contributed by atoms with E-state index in [1.807, 2.05) is 24.4 Å². The number of nitrogens with zero attached hydrogens (tertiary/aromatic N) is 3. The second-order valence-corrected chi connectivity index (χ2v) is 4.15. The summed E-state index contributed by atoms with van der Waals surface area (Å²) in [5.74, 6) is 0.812. The van der Waals surface area contributed by atoms with Crippen molar-refractivity contribution in [2.75, 3.05) is 19.0 Å². The number of nitrogens with one attached hydrogen (secondary N) is 1. The number of anilines is 1. The van der Waals surface area contributed by atoms with Gasteiger partial charge in [-0.15, -0.1) is 0 Å². The molecule has 0 aromatic carbocycles. The first kappa shape index (κ1) is 12.6. The summed E-state index contributed by atoms with van der Waals surface area (Å²) in [5, 5.41) is 7.64. The summed E-state index contributed by atoms with van der Waals surface area (Å²) in [5.41, 5.74) is 0.977. The van der Waals surface area contributed by atoms with Gasteiger partial charge in [0.1, 0.15) is 0 Å². The first-order valence-corrected chi connectivity index (χ1v) is 6.02. The largest absolute Gasteiger partial charge is 0.385 e. The molecule has 2 heterocycles. The van der Waals surface area contributed by atoms with Crippen molar-refractivity contribution in [2.45, 2.75) is 19.4 Å². The minimum absolute atomic E-state index is 0.323. The Hall–Kier alpha value is -1.88. The molecular weight excluding hydrogens is 228 g/mol. The number of methoxy groups -OCH3 is 1. The number of hydrogen-bond acceptors (Lipinski definition) is 4. The molecule has 0 bridgehead atoms. The molecule has 0 aliphatic rings. The Morgan fingerprint density at radius 1 is 1.39 bits per heavy atom. The average Bonchev–Trinajstić information content (AvgIpc) is 2.91. The van der Waals surface area contributed by atoms with Crippen molar-refractivity contribution in [3.05, 3.63) is 36.8 Å². The maximum atomic E-state index is 5.08. The lowest BCUT2D eigenvalue weighted by Crippen LogP contribution is -2.19. The molecule has 1 unspecified atom stereocenters. The lowest BCUT2D eigenvalue weighted by Gasteiger charge is -2.16. The van der Waals surface area contributed by atoms with Gasteiger partial charge in [0.05, 0.1) is 5.69 Å². The van der Waals surface area contributed by atoms with E-state index >= 15 is 0 Å². The Morgan fingerprint density at radius 2 is 2.28 bits per heavy atom. The van der Waals surface area contributed by atoms with Gasteiger partial charge < -0.3 is 10.1 Å². The molecule has 0 spiro atoms. The van der Waals surface area contributed by atoms with Crippen LogP contribution in [0.3, 0.4) is 0 Å². The van der Waals surface area contributed by atoms with E-state index < -0.39 is 0 Å². The second-order valence-electron chi connectivity index (χ2n) is 4.15. The van der Waals surface area contributed by atoms with Gasteiger partial charge in [0.15, 0.2) is 5.82 Å². The van der Waals surface area contributed by atoms with Gasteiger partial charge in [-0.25, -0.2) is 9.67 Å². The molecule has 18 heavy (non-hydrogen) atoms. The number of rotatable bonds is 6. The minimum Gasteiger partial charge on any atom is -0.385 e. The van der Waals surface area contributed by atoms with E-state index in [2.05, 4.69) is 22.3 Å². The Kier molecular flexibility index (Phi) is 4.30. The third-order valence-corrected chi connectivity index (χ3v) is 2.66. The number of hydrogen-bond donors (Lipinski definition) is 1. The molecule has 0 radical (unpaired) electrons. The van der Waals surface area contributed by atoms with Crippen LogP contribution in [0.4, 0.5) is 5.69 Å². The van der Waals surface area contributed by atoms with E-state index in [1.54, 1.807) is 24.2 Å². The Labute approximate surface area is 107 Å². The highest BCUT2D eigenvalue weighted by Gasteiger charge is 2.08. The molecule has 0 aliphatic heterocycles. The topological polar surface area (TPSA) is 52.0 Å². The molecule has 5 nitrogen and oxygen atoms in total. The summed E-state index contributed by atoms with van der Waals surface area (Å²) in [6.07, 6.45) is 6.34. The third-order valence-electron chi connectivity index (χ3n) is 2.66. The smallest absolute Gasteiger partial charge is 0.176 e. The van der Waals surface area contributed by atoms with Crippen molar-refractivity contribution >= 4 is 5.69 Å². The highest BCUT2D eigenvalue weighted by Crippen LogP contribution is 2.17. The zero-order chi connectivity index (χ0) is 12.8.